The van der Waals surface area contributed by atoms with Gasteiger partial charge in [-0.1, -0.05) is 115 Å². The van der Waals surface area contributed by atoms with Crippen molar-refractivity contribution in [2.75, 3.05) is 14.7 Å². The Kier molecular flexibility index (Phi) is 8.88. The smallest absolute Gasteiger partial charge is 0.0575 e. The van der Waals surface area contributed by atoms with Gasteiger partial charge in [0.2, 0.25) is 0 Å². The van der Waals surface area contributed by atoms with Crippen molar-refractivity contribution >= 4 is 114 Å². The molecule has 0 N–H and O–H groups in total. The first kappa shape index (κ1) is 35.0. The van der Waals surface area contributed by atoms with Gasteiger partial charge in [-0.3, -0.25) is 0 Å². The Balaban J connectivity index is 1.22. The van der Waals surface area contributed by atoms with Crippen LogP contribution in [0.4, 0.5) is 51.2 Å². The van der Waals surface area contributed by atoms with Crippen LogP contribution in [0.5, 0.6) is 0 Å². The molecule has 3 nitrogen and oxygen atoms in total. The minimum absolute atomic E-state index is 1.10. The predicted octanol–water partition coefficient (Wildman–Crippen LogP) is 16.8. The maximum Gasteiger partial charge on any atom is 0.0575 e. The predicted molar refractivity (Wildman–Crippen MR) is 256 cm³/mol. The van der Waals surface area contributed by atoms with Gasteiger partial charge in [0.05, 0.1) is 11.4 Å². The molecule has 2 aromatic heterocycles. The third-order valence-corrected chi connectivity index (χ3v) is 13.2. The summed E-state index contributed by atoms with van der Waals surface area (Å²) in [7, 11) is 0. The fourth-order valence-electron chi connectivity index (χ4n) is 8.43. The zero-order valence-corrected chi connectivity index (χ0v) is 33.7. The second kappa shape index (κ2) is 15.0. The van der Waals surface area contributed by atoms with Crippen molar-refractivity contribution in [3.8, 4) is 0 Å². The molecule has 0 unspecified atom stereocenters. The van der Waals surface area contributed by atoms with Crippen LogP contribution < -0.4 is 14.7 Å². The maximum absolute atomic E-state index is 2.46. The molecule has 59 heavy (non-hydrogen) atoms. The number of hydrogen-bond acceptors (Lipinski definition) is 5. The molecule has 11 aromatic rings. The lowest BCUT2D eigenvalue weighted by atomic mass is 10.0. The van der Waals surface area contributed by atoms with Crippen LogP contribution in [0.25, 0.3) is 40.3 Å². The van der Waals surface area contributed by atoms with E-state index in [1.165, 1.54) is 40.3 Å². The SMILES string of the molecule is c1ccc(N(c2ccccc2)c2ccc3sc4cc(N(c5ccccc5)c5cccc6sc7ccccc7c56)cc(N(c5ccccc5)c5ccccc5)c4c3c2)cc1. The average Bonchev–Trinajstić information content (AvgIpc) is 3.87. The van der Waals surface area contributed by atoms with Crippen LogP contribution in [0.3, 0.4) is 0 Å². The van der Waals surface area contributed by atoms with Crippen LogP contribution in [0.15, 0.2) is 224 Å². The molecule has 0 aliphatic carbocycles. The van der Waals surface area contributed by atoms with Crippen molar-refractivity contribution in [1.82, 2.24) is 0 Å². The van der Waals surface area contributed by atoms with Gasteiger partial charge in [0.15, 0.2) is 0 Å². The van der Waals surface area contributed by atoms with E-state index in [9.17, 15) is 0 Å². The summed E-state index contributed by atoms with van der Waals surface area (Å²) in [5.41, 5.74) is 10.0. The Bertz CT molecular complexity index is 3140. The Morgan fingerprint density at radius 2 is 0.678 bits per heavy atom. The first-order chi connectivity index (χ1) is 29.3. The van der Waals surface area contributed by atoms with Gasteiger partial charge in [0, 0.05) is 80.2 Å². The van der Waals surface area contributed by atoms with Gasteiger partial charge in [-0.2, -0.15) is 0 Å². The lowest BCUT2D eigenvalue weighted by Gasteiger charge is -2.30. The number of benzene rings is 9. The van der Waals surface area contributed by atoms with Gasteiger partial charge in [0.25, 0.3) is 0 Å². The highest BCUT2D eigenvalue weighted by Crippen LogP contribution is 2.51. The molecule has 0 saturated carbocycles. The van der Waals surface area contributed by atoms with Crippen LogP contribution >= 0.6 is 22.7 Å². The number of rotatable bonds is 9. The molecular formula is C54H37N3S2. The van der Waals surface area contributed by atoms with Crippen LogP contribution in [0, 0.1) is 0 Å². The first-order valence-corrected chi connectivity index (χ1v) is 21.5. The van der Waals surface area contributed by atoms with E-state index >= 15 is 0 Å². The van der Waals surface area contributed by atoms with Gasteiger partial charge >= 0.3 is 0 Å². The van der Waals surface area contributed by atoms with Crippen molar-refractivity contribution < 1.29 is 0 Å². The van der Waals surface area contributed by atoms with Gasteiger partial charge in [-0.15, -0.1) is 22.7 Å². The van der Waals surface area contributed by atoms with E-state index in [0.29, 0.717) is 0 Å². The molecule has 280 valence electrons. The minimum Gasteiger partial charge on any atom is -0.310 e. The third kappa shape index (κ3) is 6.29. The van der Waals surface area contributed by atoms with Crippen molar-refractivity contribution in [3.63, 3.8) is 0 Å². The molecule has 0 bridgehead atoms. The van der Waals surface area contributed by atoms with Gasteiger partial charge in [-0.05, 0) is 109 Å². The van der Waals surface area contributed by atoms with Crippen molar-refractivity contribution in [3.05, 3.63) is 224 Å². The molecule has 0 spiro atoms. The van der Waals surface area contributed by atoms with Crippen molar-refractivity contribution in [2.45, 2.75) is 0 Å². The van der Waals surface area contributed by atoms with Gasteiger partial charge < -0.3 is 14.7 Å². The summed E-state index contributed by atoms with van der Waals surface area (Å²) in [4.78, 5) is 7.24. The molecule has 0 aliphatic rings. The summed E-state index contributed by atoms with van der Waals surface area (Å²) in [6, 6.07) is 81.0. The summed E-state index contributed by atoms with van der Waals surface area (Å²) in [5.74, 6) is 0. The third-order valence-electron chi connectivity index (χ3n) is 11.0. The molecule has 5 heteroatoms. The summed E-state index contributed by atoms with van der Waals surface area (Å²) < 4.78 is 5.02. The zero-order chi connectivity index (χ0) is 39.1. The Hall–Kier alpha value is -7.18. The fraction of sp³-hybridized carbons (Fsp3) is 0. The minimum atomic E-state index is 1.10. The highest BCUT2D eigenvalue weighted by atomic mass is 32.1. The lowest BCUT2D eigenvalue weighted by Crippen LogP contribution is -2.13. The Labute approximate surface area is 351 Å². The molecule has 9 aromatic carbocycles. The largest absolute Gasteiger partial charge is 0.310 e. The lowest BCUT2D eigenvalue weighted by molar-refractivity contribution is 1.27. The second-order valence-corrected chi connectivity index (χ2v) is 16.7. The number of nitrogens with zero attached hydrogens (tertiary/aromatic N) is 3. The van der Waals surface area contributed by atoms with Crippen molar-refractivity contribution in [1.29, 1.82) is 0 Å². The molecule has 0 amide bonds. The number of hydrogen-bond donors (Lipinski definition) is 0. The van der Waals surface area contributed by atoms with E-state index < -0.39 is 0 Å². The molecule has 0 atom stereocenters. The van der Waals surface area contributed by atoms with Crippen LogP contribution in [-0.2, 0) is 0 Å². The molecule has 0 aliphatic heterocycles. The molecule has 0 radical (unpaired) electrons. The van der Waals surface area contributed by atoms with Crippen LogP contribution in [-0.4, -0.2) is 0 Å². The van der Waals surface area contributed by atoms with E-state index in [0.717, 1.165) is 51.2 Å². The molecule has 2 heterocycles. The maximum atomic E-state index is 2.46. The molecule has 0 saturated heterocycles. The van der Waals surface area contributed by atoms with Gasteiger partial charge in [0.1, 0.15) is 0 Å². The number of thiophene rings is 2. The summed E-state index contributed by atoms with van der Waals surface area (Å²) in [6.07, 6.45) is 0. The number of anilines is 9. The quantitative estimate of drug-likeness (QED) is 0.144. The second-order valence-electron chi connectivity index (χ2n) is 14.6. The molecular weight excluding hydrogens is 755 g/mol. The Morgan fingerprint density at radius 1 is 0.237 bits per heavy atom. The van der Waals surface area contributed by atoms with E-state index in [2.05, 4.69) is 239 Å². The summed E-state index contributed by atoms with van der Waals surface area (Å²) >= 11 is 3.71. The van der Waals surface area contributed by atoms with E-state index in [4.69, 9.17) is 0 Å². The van der Waals surface area contributed by atoms with E-state index in [1.807, 2.05) is 22.7 Å². The standard InChI is InChI=1S/C54H37N3S2/c1-6-19-38(20-7-1)55(39-21-8-2-9-22-39)43-33-34-50-46(35-43)54-48(56(40-23-10-3-11-24-40)41-25-12-4-13-26-41)36-44(37-52(54)59-50)57(42-27-14-5-15-28-42)47-30-18-32-51-53(47)45-29-16-17-31-49(45)58-51/h1-37H. The zero-order valence-electron chi connectivity index (χ0n) is 32.0. The highest BCUT2D eigenvalue weighted by Gasteiger charge is 2.25. The average molecular weight is 792 g/mol. The normalized spacial score (nSPS) is 11.4. The van der Waals surface area contributed by atoms with E-state index in [-0.39, 0.29) is 0 Å². The molecule has 11 rings (SSSR count). The summed E-state index contributed by atoms with van der Waals surface area (Å²) in [6.45, 7) is 0. The van der Waals surface area contributed by atoms with Crippen molar-refractivity contribution in [2.24, 2.45) is 0 Å². The van der Waals surface area contributed by atoms with Crippen LogP contribution in [0.1, 0.15) is 0 Å². The Morgan fingerprint density at radius 3 is 1.25 bits per heavy atom. The van der Waals surface area contributed by atoms with E-state index in [1.54, 1.807) is 0 Å². The van der Waals surface area contributed by atoms with Gasteiger partial charge in [-0.25, -0.2) is 0 Å². The fourth-order valence-corrected chi connectivity index (χ4v) is 10.7. The molecule has 0 fully saturated rings. The number of para-hydroxylation sites is 5. The highest BCUT2D eigenvalue weighted by molar-refractivity contribution is 7.26. The first-order valence-electron chi connectivity index (χ1n) is 19.8. The monoisotopic (exact) mass is 791 g/mol. The topological polar surface area (TPSA) is 9.72 Å². The summed E-state index contributed by atoms with van der Waals surface area (Å²) in [5, 5.41) is 4.98. The van der Waals surface area contributed by atoms with Crippen LogP contribution in [0.2, 0.25) is 0 Å². The number of fused-ring (bicyclic) bond motifs is 6.